The summed E-state index contributed by atoms with van der Waals surface area (Å²) in [5.74, 6) is 0.386. The van der Waals surface area contributed by atoms with Gasteiger partial charge in [-0.2, -0.15) is 0 Å². The number of alkyl carbamates (subject to hydrolysis) is 1. The van der Waals surface area contributed by atoms with Crippen molar-refractivity contribution in [2.45, 2.75) is 39.2 Å². The maximum atomic E-state index is 11.5. The van der Waals surface area contributed by atoms with Gasteiger partial charge in [0.2, 0.25) is 0 Å². The largest absolute Gasteiger partial charge is 0.449 e. The zero-order valence-electron chi connectivity index (χ0n) is 9.93. The molecule has 4 heteroatoms. The fourth-order valence-electron chi connectivity index (χ4n) is 1.63. The van der Waals surface area contributed by atoms with Crippen molar-refractivity contribution in [1.82, 2.24) is 10.6 Å². The smallest absolute Gasteiger partial charge is 0.407 e. The molecule has 0 spiro atoms. The quantitative estimate of drug-likeness (QED) is 0.748. The average molecular weight is 214 g/mol. The van der Waals surface area contributed by atoms with Crippen LogP contribution in [0, 0.1) is 5.92 Å². The van der Waals surface area contributed by atoms with Crippen LogP contribution in [0.15, 0.2) is 0 Å². The van der Waals surface area contributed by atoms with E-state index in [1.807, 2.05) is 13.8 Å². The number of carbonyl (C=O) groups is 1. The molecule has 0 aliphatic carbocycles. The molecule has 4 nitrogen and oxygen atoms in total. The van der Waals surface area contributed by atoms with Gasteiger partial charge in [-0.25, -0.2) is 4.79 Å². The monoisotopic (exact) mass is 214 g/mol. The van der Waals surface area contributed by atoms with Gasteiger partial charge in [0, 0.05) is 5.54 Å². The molecule has 0 aromatic rings. The lowest BCUT2D eigenvalue weighted by Gasteiger charge is -2.34. The van der Waals surface area contributed by atoms with E-state index in [0.29, 0.717) is 12.5 Å². The highest BCUT2D eigenvalue weighted by Crippen LogP contribution is 2.17. The molecule has 0 atom stereocenters. The fraction of sp³-hybridized carbons (Fsp3) is 0.909. The Labute approximate surface area is 91.8 Å². The molecule has 1 fully saturated rings. The Balaban J connectivity index is 2.29. The number of nitrogens with one attached hydrogen (secondary N) is 2. The van der Waals surface area contributed by atoms with E-state index in [4.69, 9.17) is 4.74 Å². The average Bonchev–Trinajstić information content (AvgIpc) is 2.15. The Kier molecular flexibility index (Phi) is 4.39. The lowest BCUT2D eigenvalue weighted by molar-refractivity contribution is 0.117. The Morgan fingerprint density at radius 1 is 1.47 bits per heavy atom. The lowest BCUT2D eigenvalue weighted by atomic mass is 9.91. The minimum absolute atomic E-state index is 0.0979. The number of hydrogen-bond donors (Lipinski definition) is 2. The second-order valence-electron chi connectivity index (χ2n) is 4.93. The maximum Gasteiger partial charge on any atom is 0.407 e. The van der Waals surface area contributed by atoms with Crippen LogP contribution in [0.1, 0.15) is 33.6 Å². The highest BCUT2D eigenvalue weighted by Gasteiger charge is 2.28. The highest BCUT2D eigenvalue weighted by atomic mass is 16.5. The predicted molar refractivity (Wildman–Crippen MR) is 59.8 cm³/mol. The highest BCUT2D eigenvalue weighted by molar-refractivity contribution is 5.68. The van der Waals surface area contributed by atoms with Crippen molar-refractivity contribution in [3.63, 3.8) is 0 Å². The Hall–Kier alpha value is -0.770. The zero-order chi connectivity index (χ0) is 11.3. The maximum absolute atomic E-state index is 11.5. The van der Waals surface area contributed by atoms with Gasteiger partial charge in [0.25, 0.3) is 0 Å². The van der Waals surface area contributed by atoms with Crippen LogP contribution in [0.5, 0.6) is 0 Å². The molecule has 0 saturated carbocycles. The van der Waals surface area contributed by atoms with Crippen molar-refractivity contribution in [3.05, 3.63) is 0 Å². The Morgan fingerprint density at radius 3 is 2.60 bits per heavy atom. The summed E-state index contributed by atoms with van der Waals surface area (Å²) in [6, 6.07) is 0. The number of rotatable bonds is 3. The van der Waals surface area contributed by atoms with Crippen LogP contribution in [0.4, 0.5) is 4.79 Å². The molecule has 1 saturated heterocycles. The van der Waals surface area contributed by atoms with Crippen LogP contribution in [-0.4, -0.2) is 31.3 Å². The molecule has 0 aromatic heterocycles. The molecule has 1 rings (SSSR count). The number of hydrogen-bond acceptors (Lipinski definition) is 3. The molecule has 2 N–H and O–H groups in total. The first kappa shape index (κ1) is 12.3. The third kappa shape index (κ3) is 4.51. The molecule has 88 valence electrons. The summed E-state index contributed by atoms with van der Waals surface area (Å²) in [5.41, 5.74) is -0.0979. The summed E-state index contributed by atoms with van der Waals surface area (Å²) in [6.45, 7) is 8.53. The molecule has 1 aliphatic rings. The standard InChI is InChI=1S/C11H22N2O2/c1-9(2)8-15-10(14)13-11(3)4-6-12-7-5-11/h9,12H,4-8H2,1-3H3,(H,13,14). The molecular weight excluding hydrogens is 192 g/mol. The van der Waals surface area contributed by atoms with Crippen molar-refractivity contribution in [2.24, 2.45) is 5.92 Å². The summed E-state index contributed by atoms with van der Waals surface area (Å²) in [4.78, 5) is 11.5. The Morgan fingerprint density at radius 2 is 2.07 bits per heavy atom. The van der Waals surface area contributed by atoms with Crippen LogP contribution >= 0.6 is 0 Å². The molecule has 15 heavy (non-hydrogen) atoms. The van der Waals surface area contributed by atoms with Gasteiger partial charge in [-0.1, -0.05) is 13.8 Å². The van der Waals surface area contributed by atoms with E-state index in [1.54, 1.807) is 0 Å². The molecule has 0 radical (unpaired) electrons. The summed E-state index contributed by atoms with van der Waals surface area (Å²) in [6.07, 6.45) is 1.64. The van der Waals surface area contributed by atoms with Gasteiger partial charge in [0.1, 0.15) is 0 Å². The van der Waals surface area contributed by atoms with Crippen molar-refractivity contribution >= 4 is 6.09 Å². The third-order valence-corrected chi connectivity index (χ3v) is 2.66. The normalized spacial score (nSPS) is 20.0. The molecule has 0 bridgehead atoms. The molecule has 0 unspecified atom stereocenters. The minimum atomic E-state index is -0.284. The van der Waals surface area contributed by atoms with E-state index in [1.165, 1.54) is 0 Å². The van der Waals surface area contributed by atoms with E-state index in [9.17, 15) is 4.79 Å². The summed E-state index contributed by atoms with van der Waals surface area (Å²) >= 11 is 0. The van der Waals surface area contributed by atoms with Gasteiger partial charge in [-0.3, -0.25) is 0 Å². The van der Waals surface area contributed by atoms with E-state index in [-0.39, 0.29) is 11.6 Å². The molecule has 0 aromatic carbocycles. The third-order valence-electron chi connectivity index (χ3n) is 2.66. The van der Waals surface area contributed by atoms with Crippen molar-refractivity contribution in [2.75, 3.05) is 19.7 Å². The topological polar surface area (TPSA) is 50.4 Å². The van der Waals surface area contributed by atoms with Crippen LogP contribution in [-0.2, 0) is 4.74 Å². The molecular formula is C11H22N2O2. The first-order chi connectivity index (χ1) is 7.02. The molecule has 1 aliphatic heterocycles. The van der Waals surface area contributed by atoms with E-state index >= 15 is 0 Å². The summed E-state index contributed by atoms with van der Waals surface area (Å²) in [7, 11) is 0. The first-order valence-corrected chi connectivity index (χ1v) is 5.67. The number of piperidine rings is 1. The van der Waals surface area contributed by atoms with Crippen molar-refractivity contribution in [1.29, 1.82) is 0 Å². The number of ether oxygens (including phenoxy) is 1. The van der Waals surface area contributed by atoms with Crippen LogP contribution in [0.2, 0.25) is 0 Å². The van der Waals surface area contributed by atoms with E-state index in [0.717, 1.165) is 25.9 Å². The van der Waals surface area contributed by atoms with Crippen molar-refractivity contribution < 1.29 is 9.53 Å². The summed E-state index contributed by atoms with van der Waals surface area (Å²) in [5, 5.41) is 6.22. The zero-order valence-corrected chi connectivity index (χ0v) is 9.93. The second-order valence-corrected chi connectivity index (χ2v) is 4.93. The van der Waals surface area contributed by atoms with Gasteiger partial charge in [0.05, 0.1) is 6.61 Å². The Bertz CT molecular complexity index is 211. The number of carbonyl (C=O) groups excluding carboxylic acids is 1. The van der Waals surface area contributed by atoms with Crippen molar-refractivity contribution in [3.8, 4) is 0 Å². The number of amides is 1. The van der Waals surface area contributed by atoms with E-state index < -0.39 is 0 Å². The van der Waals surface area contributed by atoms with Crippen LogP contribution < -0.4 is 10.6 Å². The lowest BCUT2D eigenvalue weighted by Crippen LogP contribution is -2.52. The van der Waals surface area contributed by atoms with Gasteiger partial charge in [-0.15, -0.1) is 0 Å². The predicted octanol–water partition coefficient (Wildman–Crippen LogP) is 1.51. The van der Waals surface area contributed by atoms with E-state index in [2.05, 4.69) is 17.6 Å². The second kappa shape index (κ2) is 5.35. The molecule has 1 heterocycles. The van der Waals surface area contributed by atoms with Gasteiger partial charge < -0.3 is 15.4 Å². The van der Waals surface area contributed by atoms with Gasteiger partial charge in [0.15, 0.2) is 0 Å². The van der Waals surface area contributed by atoms with Crippen LogP contribution in [0.25, 0.3) is 0 Å². The fourth-order valence-corrected chi connectivity index (χ4v) is 1.63. The SMILES string of the molecule is CC(C)COC(=O)NC1(C)CCNCC1. The first-order valence-electron chi connectivity index (χ1n) is 5.67. The van der Waals surface area contributed by atoms with Gasteiger partial charge in [-0.05, 0) is 38.8 Å². The van der Waals surface area contributed by atoms with Gasteiger partial charge >= 0.3 is 6.09 Å². The molecule has 1 amide bonds. The van der Waals surface area contributed by atoms with Crippen LogP contribution in [0.3, 0.4) is 0 Å². The summed E-state index contributed by atoms with van der Waals surface area (Å²) < 4.78 is 5.10. The minimum Gasteiger partial charge on any atom is -0.449 e.